The molecule has 1 aromatic rings. The average molecular weight is 261 g/mol. The maximum absolute atomic E-state index is 13.4. The molecule has 0 N–H and O–H groups in total. The minimum absolute atomic E-state index is 0.0981. The molecule has 1 heterocycles. The Morgan fingerprint density at radius 2 is 1.84 bits per heavy atom. The van der Waals surface area contributed by atoms with E-state index in [1.165, 1.54) is 12.1 Å². The van der Waals surface area contributed by atoms with Crippen molar-refractivity contribution in [2.24, 2.45) is 11.8 Å². The molecule has 2 atom stereocenters. The Kier molecular flexibility index (Phi) is 2.69. The number of hydrogen-bond donors (Lipinski definition) is 0. The van der Waals surface area contributed by atoms with Crippen LogP contribution in [0.15, 0.2) is 24.3 Å². The molecule has 1 saturated heterocycles. The van der Waals surface area contributed by atoms with Gasteiger partial charge in [0.15, 0.2) is 5.78 Å². The van der Waals surface area contributed by atoms with Crippen LogP contribution in [-0.4, -0.2) is 29.0 Å². The third-order valence-electron chi connectivity index (χ3n) is 3.64. The zero-order chi connectivity index (χ0) is 13.6. The van der Waals surface area contributed by atoms with Crippen molar-refractivity contribution >= 4 is 17.6 Å². The molecule has 1 aromatic carbocycles. The van der Waals surface area contributed by atoms with Crippen LogP contribution in [0, 0.1) is 17.7 Å². The van der Waals surface area contributed by atoms with Crippen molar-refractivity contribution in [2.75, 3.05) is 6.54 Å². The van der Waals surface area contributed by atoms with Crippen LogP contribution < -0.4 is 0 Å². The quantitative estimate of drug-likeness (QED) is 0.758. The van der Waals surface area contributed by atoms with Crippen molar-refractivity contribution in [1.29, 1.82) is 0 Å². The van der Waals surface area contributed by atoms with Gasteiger partial charge in [0.05, 0.1) is 18.4 Å². The van der Waals surface area contributed by atoms with E-state index in [0.717, 1.165) is 4.90 Å². The van der Waals surface area contributed by atoms with E-state index in [4.69, 9.17) is 0 Å². The van der Waals surface area contributed by atoms with Crippen LogP contribution in [0.1, 0.15) is 12.0 Å². The lowest BCUT2D eigenvalue weighted by molar-refractivity contribution is -0.144. The van der Waals surface area contributed by atoms with Gasteiger partial charge in [0, 0.05) is 6.42 Å². The molecule has 19 heavy (non-hydrogen) atoms. The molecule has 98 valence electrons. The van der Waals surface area contributed by atoms with Crippen LogP contribution in [-0.2, 0) is 20.8 Å². The Morgan fingerprint density at radius 1 is 1.21 bits per heavy atom. The SMILES string of the molecule is O=C(Cc1ccccc1F)CN1C(=O)C2CC2C1=O. The monoisotopic (exact) mass is 261 g/mol. The number of likely N-dealkylation sites (tertiary alicyclic amines) is 1. The number of rotatable bonds is 4. The van der Waals surface area contributed by atoms with Crippen LogP contribution in [0.5, 0.6) is 0 Å². The standard InChI is InChI=1S/C14H12FNO3/c15-12-4-2-1-3-8(12)5-9(17)7-16-13(18)10-6-11(10)14(16)19/h1-4,10-11H,5-7H2. The van der Waals surface area contributed by atoms with Crippen molar-refractivity contribution in [1.82, 2.24) is 4.90 Å². The highest BCUT2D eigenvalue weighted by Crippen LogP contribution is 2.46. The number of hydrogen-bond acceptors (Lipinski definition) is 3. The second-order valence-corrected chi connectivity index (χ2v) is 5.02. The van der Waals surface area contributed by atoms with Crippen molar-refractivity contribution in [3.63, 3.8) is 0 Å². The minimum atomic E-state index is -0.447. The van der Waals surface area contributed by atoms with E-state index in [2.05, 4.69) is 0 Å². The number of piperidine rings is 1. The largest absolute Gasteiger partial charge is 0.297 e. The first-order valence-corrected chi connectivity index (χ1v) is 6.18. The summed E-state index contributed by atoms with van der Waals surface area (Å²) in [5, 5.41) is 0. The molecule has 0 aromatic heterocycles. The normalized spacial score (nSPS) is 24.6. The third kappa shape index (κ3) is 2.05. The molecular weight excluding hydrogens is 249 g/mol. The molecule has 2 fully saturated rings. The Bertz CT molecular complexity index is 564. The highest BCUT2D eigenvalue weighted by molar-refractivity contribution is 6.10. The lowest BCUT2D eigenvalue weighted by Gasteiger charge is -2.15. The van der Waals surface area contributed by atoms with Crippen molar-refractivity contribution in [3.05, 3.63) is 35.6 Å². The number of Topliss-reactive ketones (excluding diaryl/α,β-unsaturated/α-hetero) is 1. The van der Waals surface area contributed by atoms with E-state index in [1.54, 1.807) is 12.1 Å². The molecule has 0 bridgehead atoms. The highest BCUT2D eigenvalue weighted by atomic mass is 19.1. The molecule has 2 amide bonds. The van der Waals surface area contributed by atoms with E-state index < -0.39 is 5.82 Å². The van der Waals surface area contributed by atoms with E-state index in [9.17, 15) is 18.8 Å². The van der Waals surface area contributed by atoms with E-state index in [0.29, 0.717) is 6.42 Å². The third-order valence-corrected chi connectivity index (χ3v) is 3.64. The van der Waals surface area contributed by atoms with Gasteiger partial charge in [-0.25, -0.2) is 4.39 Å². The fraction of sp³-hybridized carbons (Fsp3) is 0.357. The first kappa shape index (κ1) is 12.0. The van der Waals surface area contributed by atoms with Crippen LogP contribution in [0.2, 0.25) is 0 Å². The molecule has 1 aliphatic heterocycles. The molecule has 2 unspecified atom stereocenters. The van der Waals surface area contributed by atoms with E-state index >= 15 is 0 Å². The number of halogens is 1. The second kappa shape index (κ2) is 4.26. The summed E-state index contributed by atoms with van der Waals surface area (Å²) in [5.74, 6) is -1.68. The van der Waals surface area contributed by atoms with Crippen LogP contribution in [0.4, 0.5) is 4.39 Å². The zero-order valence-corrected chi connectivity index (χ0v) is 10.1. The molecule has 0 spiro atoms. The number of carbonyl (C=O) groups is 3. The summed E-state index contributed by atoms with van der Waals surface area (Å²) in [7, 11) is 0. The van der Waals surface area contributed by atoms with Gasteiger partial charge in [-0.15, -0.1) is 0 Å². The van der Waals surface area contributed by atoms with Gasteiger partial charge in [0.25, 0.3) is 0 Å². The number of ketones is 1. The summed E-state index contributed by atoms with van der Waals surface area (Å²) < 4.78 is 13.4. The summed E-state index contributed by atoms with van der Waals surface area (Å²) >= 11 is 0. The number of carbonyl (C=O) groups excluding carboxylic acids is 3. The fourth-order valence-electron chi connectivity index (χ4n) is 2.49. The number of nitrogens with zero attached hydrogens (tertiary/aromatic N) is 1. The number of benzene rings is 1. The maximum atomic E-state index is 13.4. The number of fused-ring (bicyclic) bond motifs is 1. The smallest absolute Gasteiger partial charge is 0.233 e. The predicted octanol–water partition coefficient (Wildman–Crippen LogP) is 0.942. The molecule has 1 aliphatic carbocycles. The van der Waals surface area contributed by atoms with E-state index in [1.807, 2.05) is 0 Å². The van der Waals surface area contributed by atoms with E-state index in [-0.39, 0.29) is 48.0 Å². The highest BCUT2D eigenvalue weighted by Gasteiger charge is 2.58. The summed E-state index contributed by atoms with van der Waals surface area (Å²) in [6.07, 6.45) is 0.523. The van der Waals surface area contributed by atoms with Gasteiger partial charge in [-0.2, -0.15) is 0 Å². The summed E-state index contributed by atoms with van der Waals surface area (Å²) in [6.45, 7) is -0.237. The topological polar surface area (TPSA) is 54.5 Å². The lowest BCUT2D eigenvalue weighted by Crippen LogP contribution is -2.37. The zero-order valence-electron chi connectivity index (χ0n) is 10.1. The molecular formula is C14H12FNO3. The molecule has 5 heteroatoms. The average Bonchev–Trinajstić information content (AvgIpc) is 3.13. The van der Waals surface area contributed by atoms with Gasteiger partial charge in [0.2, 0.25) is 11.8 Å². The molecule has 0 radical (unpaired) electrons. The fourth-order valence-corrected chi connectivity index (χ4v) is 2.49. The molecule has 1 saturated carbocycles. The minimum Gasteiger partial charge on any atom is -0.297 e. The molecule has 4 nitrogen and oxygen atoms in total. The predicted molar refractivity (Wildman–Crippen MR) is 63.4 cm³/mol. The summed E-state index contributed by atoms with van der Waals surface area (Å²) in [5.41, 5.74) is 0.289. The van der Waals surface area contributed by atoms with Gasteiger partial charge in [0.1, 0.15) is 5.82 Å². The Morgan fingerprint density at radius 3 is 2.47 bits per heavy atom. The molecule has 2 aliphatic rings. The summed E-state index contributed by atoms with van der Waals surface area (Å²) in [4.78, 5) is 36.2. The first-order valence-electron chi connectivity index (χ1n) is 6.18. The summed E-state index contributed by atoms with van der Waals surface area (Å²) in [6, 6.07) is 6.00. The number of imide groups is 1. The van der Waals surface area contributed by atoms with Crippen LogP contribution in [0.3, 0.4) is 0 Å². The van der Waals surface area contributed by atoms with Crippen molar-refractivity contribution in [3.8, 4) is 0 Å². The Hall–Kier alpha value is -2.04. The van der Waals surface area contributed by atoms with Gasteiger partial charge in [-0.3, -0.25) is 19.3 Å². The van der Waals surface area contributed by atoms with Crippen molar-refractivity contribution in [2.45, 2.75) is 12.8 Å². The van der Waals surface area contributed by atoms with Crippen LogP contribution in [0.25, 0.3) is 0 Å². The second-order valence-electron chi connectivity index (χ2n) is 5.02. The van der Waals surface area contributed by atoms with Gasteiger partial charge in [-0.05, 0) is 18.1 Å². The number of amides is 2. The van der Waals surface area contributed by atoms with Gasteiger partial charge < -0.3 is 0 Å². The Labute approximate surface area is 109 Å². The Balaban J connectivity index is 1.65. The first-order chi connectivity index (χ1) is 9.08. The van der Waals surface area contributed by atoms with Gasteiger partial charge in [-0.1, -0.05) is 18.2 Å². The van der Waals surface area contributed by atoms with Gasteiger partial charge >= 0.3 is 0 Å². The maximum Gasteiger partial charge on any atom is 0.233 e. The van der Waals surface area contributed by atoms with Crippen molar-refractivity contribution < 1.29 is 18.8 Å². The van der Waals surface area contributed by atoms with Crippen LogP contribution >= 0.6 is 0 Å². The lowest BCUT2D eigenvalue weighted by atomic mass is 10.1. The molecule has 3 rings (SSSR count).